The summed E-state index contributed by atoms with van der Waals surface area (Å²) in [5.41, 5.74) is 2.05. The van der Waals surface area contributed by atoms with Crippen LogP contribution in [0.2, 0.25) is 0 Å². The summed E-state index contributed by atoms with van der Waals surface area (Å²) in [7, 11) is -0.468. The monoisotopic (exact) mass is 336 g/mol. The maximum absolute atomic E-state index is 12.0. The average molecular weight is 336 g/mol. The fraction of sp³-hybridized carbons (Fsp3) is 0.333. The first-order valence-electron chi connectivity index (χ1n) is 7.18. The summed E-state index contributed by atoms with van der Waals surface area (Å²) in [4.78, 5) is 12.2. The number of aryl methyl sites for hydroxylation is 1. The predicted octanol–water partition coefficient (Wildman–Crippen LogP) is 1.15. The molecule has 0 aliphatic rings. The highest BCUT2D eigenvalue weighted by atomic mass is 32.2. The number of nitrogens with zero attached hydrogens (tertiary/aromatic N) is 2. The quantitative estimate of drug-likeness (QED) is 0.827. The van der Waals surface area contributed by atoms with Gasteiger partial charge in [0.05, 0.1) is 4.90 Å². The summed E-state index contributed by atoms with van der Waals surface area (Å²) < 4.78 is 25.1. The number of H-pyrrole nitrogens is 1. The summed E-state index contributed by atoms with van der Waals surface area (Å²) in [5, 5.41) is 9.48. The first-order chi connectivity index (χ1) is 10.8. The first kappa shape index (κ1) is 17.2. The summed E-state index contributed by atoms with van der Waals surface area (Å²) in [6.07, 6.45) is 0.780. The highest BCUT2D eigenvalue weighted by molar-refractivity contribution is 7.89. The van der Waals surface area contributed by atoms with E-state index in [1.165, 1.54) is 26.2 Å². The lowest BCUT2D eigenvalue weighted by molar-refractivity contribution is 0.0946. The number of benzene rings is 1. The topological polar surface area (TPSA) is 95.2 Å². The van der Waals surface area contributed by atoms with Crippen LogP contribution in [0.25, 0.3) is 0 Å². The van der Waals surface area contributed by atoms with E-state index in [0.717, 1.165) is 22.0 Å². The minimum atomic E-state index is -3.44. The molecule has 1 aromatic carbocycles. The number of aromatic nitrogens is 2. The van der Waals surface area contributed by atoms with Crippen LogP contribution in [-0.2, 0) is 23.0 Å². The molecule has 0 unspecified atom stereocenters. The average Bonchev–Trinajstić information content (AvgIpc) is 3.02. The summed E-state index contributed by atoms with van der Waals surface area (Å²) >= 11 is 0. The predicted molar refractivity (Wildman–Crippen MR) is 86.5 cm³/mol. The smallest absolute Gasteiger partial charge is 0.272 e. The Balaban J connectivity index is 2.00. The van der Waals surface area contributed by atoms with Gasteiger partial charge in [-0.05, 0) is 30.2 Å². The zero-order valence-electron chi connectivity index (χ0n) is 13.3. The Morgan fingerprint density at radius 1 is 1.26 bits per heavy atom. The van der Waals surface area contributed by atoms with E-state index in [0.29, 0.717) is 12.2 Å². The fourth-order valence-electron chi connectivity index (χ4n) is 1.92. The third-order valence-electron chi connectivity index (χ3n) is 3.40. The van der Waals surface area contributed by atoms with Gasteiger partial charge in [-0.2, -0.15) is 5.10 Å². The van der Waals surface area contributed by atoms with E-state index in [4.69, 9.17) is 0 Å². The molecule has 0 spiro atoms. The number of hydrogen-bond acceptors (Lipinski definition) is 4. The zero-order chi connectivity index (χ0) is 17.0. The van der Waals surface area contributed by atoms with Crippen LogP contribution in [0.4, 0.5) is 0 Å². The number of carbonyl (C=O) groups excluding carboxylic acids is 1. The van der Waals surface area contributed by atoms with Crippen molar-refractivity contribution in [2.45, 2.75) is 24.8 Å². The molecule has 0 aliphatic carbocycles. The van der Waals surface area contributed by atoms with Crippen LogP contribution >= 0.6 is 0 Å². The Hall–Kier alpha value is -2.19. The van der Waals surface area contributed by atoms with Crippen molar-refractivity contribution >= 4 is 15.9 Å². The molecule has 1 amide bonds. The minimum absolute atomic E-state index is 0.220. The first-order valence-corrected chi connectivity index (χ1v) is 8.62. The van der Waals surface area contributed by atoms with Gasteiger partial charge in [0.2, 0.25) is 10.0 Å². The Bertz CT molecular complexity index is 779. The van der Waals surface area contributed by atoms with Crippen LogP contribution < -0.4 is 5.32 Å². The largest absolute Gasteiger partial charge is 0.347 e. The van der Waals surface area contributed by atoms with Gasteiger partial charge in [0.1, 0.15) is 5.69 Å². The molecule has 0 radical (unpaired) electrons. The van der Waals surface area contributed by atoms with Crippen molar-refractivity contribution in [2.75, 3.05) is 14.1 Å². The van der Waals surface area contributed by atoms with E-state index >= 15 is 0 Å². The second-order valence-electron chi connectivity index (χ2n) is 5.25. The molecule has 0 saturated heterocycles. The number of nitrogens with one attached hydrogen (secondary N) is 2. The number of carbonyl (C=O) groups is 1. The molecule has 124 valence electrons. The van der Waals surface area contributed by atoms with E-state index in [1.807, 2.05) is 6.92 Å². The number of amides is 1. The van der Waals surface area contributed by atoms with Gasteiger partial charge >= 0.3 is 0 Å². The molecular formula is C15H20N4O3S. The van der Waals surface area contributed by atoms with Gasteiger partial charge in [0, 0.05) is 26.3 Å². The van der Waals surface area contributed by atoms with Crippen LogP contribution in [0, 0.1) is 0 Å². The molecule has 7 nitrogen and oxygen atoms in total. The van der Waals surface area contributed by atoms with Crippen molar-refractivity contribution in [1.82, 2.24) is 19.8 Å². The van der Waals surface area contributed by atoms with E-state index < -0.39 is 10.0 Å². The van der Waals surface area contributed by atoms with Crippen molar-refractivity contribution in [3.8, 4) is 0 Å². The maximum Gasteiger partial charge on any atom is 0.272 e. The van der Waals surface area contributed by atoms with E-state index in [1.54, 1.807) is 18.2 Å². The summed E-state index contributed by atoms with van der Waals surface area (Å²) in [5.74, 6) is -0.272. The van der Waals surface area contributed by atoms with Gasteiger partial charge in [-0.3, -0.25) is 9.89 Å². The standard InChI is InChI=1S/C15H20N4O3S/c1-4-12-9-14(18-17-12)15(20)16-10-11-5-7-13(8-6-11)23(21,22)19(2)3/h5-9H,4,10H2,1-3H3,(H,16,20)(H,17,18). The second-order valence-corrected chi connectivity index (χ2v) is 7.40. The van der Waals surface area contributed by atoms with Gasteiger partial charge in [-0.1, -0.05) is 19.1 Å². The summed E-state index contributed by atoms with van der Waals surface area (Å²) in [6.45, 7) is 2.27. The fourth-order valence-corrected chi connectivity index (χ4v) is 2.82. The molecule has 2 N–H and O–H groups in total. The maximum atomic E-state index is 12.0. The van der Waals surface area contributed by atoms with E-state index in [2.05, 4.69) is 15.5 Å². The van der Waals surface area contributed by atoms with Crippen molar-refractivity contribution in [2.24, 2.45) is 0 Å². The number of aromatic amines is 1. The second kappa shape index (κ2) is 6.93. The van der Waals surface area contributed by atoms with Crippen molar-refractivity contribution in [3.05, 3.63) is 47.3 Å². The SMILES string of the molecule is CCc1cc(C(=O)NCc2ccc(S(=O)(=O)N(C)C)cc2)n[nH]1. The van der Waals surface area contributed by atoms with Crippen LogP contribution in [0.1, 0.15) is 28.7 Å². The number of sulfonamides is 1. The van der Waals surface area contributed by atoms with Gasteiger partial charge in [0.25, 0.3) is 5.91 Å². The highest BCUT2D eigenvalue weighted by Crippen LogP contribution is 2.14. The van der Waals surface area contributed by atoms with Crippen LogP contribution in [0.15, 0.2) is 35.2 Å². The van der Waals surface area contributed by atoms with Crippen LogP contribution in [-0.4, -0.2) is 42.9 Å². The normalized spacial score (nSPS) is 11.7. The molecule has 0 fully saturated rings. The van der Waals surface area contributed by atoms with Gasteiger partial charge in [-0.15, -0.1) is 0 Å². The van der Waals surface area contributed by atoms with Gasteiger partial charge < -0.3 is 5.32 Å². The Kier molecular flexibility index (Phi) is 5.17. The molecule has 8 heteroatoms. The summed E-state index contributed by atoms with van der Waals surface area (Å²) in [6, 6.07) is 8.13. The lowest BCUT2D eigenvalue weighted by Gasteiger charge is -2.11. The van der Waals surface area contributed by atoms with E-state index in [-0.39, 0.29) is 10.8 Å². The third-order valence-corrected chi connectivity index (χ3v) is 5.23. The van der Waals surface area contributed by atoms with Crippen molar-refractivity contribution < 1.29 is 13.2 Å². The molecule has 2 rings (SSSR count). The molecule has 23 heavy (non-hydrogen) atoms. The molecule has 2 aromatic rings. The van der Waals surface area contributed by atoms with Gasteiger partial charge in [0.15, 0.2) is 0 Å². The number of rotatable bonds is 6. The molecule has 0 saturated carbocycles. The molecule has 0 aliphatic heterocycles. The Morgan fingerprint density at radius 3 is 2.43 bits per heavy atom. The minimum Gasteiger partial charge on any atom is -0.347 e. The highest BCUT2D eigenvalue weighted by Gasteiger charge is 2.16. The van der Waals surface area contributed by atoms with Crippen LogP contribution in [0.3, 0.4) is 0 Å². The zero-order valence-corrected chi connectivity index (χ0v) is 14.1. The van der Waals surface area contributed by atoms with Crippen LogP contribution in [0.5, 0.6) is 0 Å². The van der Waals surface area contributed by atoms with Crippen molar-refractivity contribution in [3.63, 3.8) is 0 Å². The van der Waals surface area contributed by atoms with E-state index in [9.17, 15) is 13.2 Å². The lowest BCUT2D eigenvalue weighted by atomic mass is 10.2. The lowest BCUT2D eigenvalue weighted by Crippen LogP contribution is -2.24. The third kappa shape index (κ3) is 3.96. The molecule has 0 bridgehead atoms. The van der Waals surface area contributed by atoms with Crippen molar-refractivity contribution in [1.29, 1.82) is 0 Å². The Morgan fingerprint density at radius 2 is 1.91 bits per heavy atom. The molecule has 0 atom stereocenters. The molecule has 1 heterocycles. The molecule has 1 aromatic heterocycles. The number of hydrogen-bond donors (Lipinski definition) is 2. The molecular weight excluding hydrogens is 316 g/mol. The van der Waals surface area contributed by atoms with Gasteiger partial charge in [-0.25, -0.2) is 12.7 Å². The Labute approximate surface area is 135 Å².